The summed E-state index contributed by atoms with van der Waals surface area (Å²) in [5.41, 5.74) is 0.480. The SMILES string of the molecule is CCCc1nc2ccccc2c(=O)n1N=Cc1sc2ccccc2c1O. The largest absolute Gasteiger partial charge is 0.506 e. The number of aromatic nitrogens is 2. The molecule has 0 radical (unpaired) electrons. The molecule has 1 N–H and O–H groups in total. The van der Waals surface area contributed by atoms with E-state index >= 15 is 0 Å². The zero-order valence-electron chi connectivity index (χ0n) is 14.2. The first kappa shape index (κ1) is 16.5. The number of nitrogens with zero attached hydrogens (tertiary/aromatic N) is 3. The number of hydrogen-bond acceptors (Lipinski definition) is 5. The second-order valence-electron chi connectivity index (χ2n) is 5.97. The molecule has 2 heterocycles. The lowest BCUT2D eigenvalue weighted by atomic mass is 10.2. The summed E-state index contributed by atoms with van der Waals surface area (Å²) in [4.78, 5) is 18.1. The van der Waals surface area contributed by atoms with Crippen molar-refractivity contribution in [1.82, 2.24) is 9.66 Å². The van der Waals surface area contributed by atoms with Crippen LogP contribution in [0.2, 0.25) is 0 Å². The Bertz CT molecular complexity index is 1190. The van der Waals surface area contributed by atoms with Crippen LogP contribution in [0.5, 0.6) is 5.75 Å². The Labute approximate surface area is 153 Å². The van der Waals surface area contributed by atoms with Gasteiger partial charge in [0, 0.05) is 16.5 Å². The van der Waals surface area contributed by atoms with Crippen molar-refractivity contribution in [2.75, 3.05) is 0 Å². The lowest BCUT2D eigenvalue weighted by Crippen LogP contribution is -2.22. The Morgan fingerprint density at radius 1 is 1.15 bits per heavy atom. The number of thiophene rings is 1. The number of aromatic hydroxyl groups is 1. The van der Waals surface area contributed by atoms with E-state index in [0.717, 1.165) is 16.5 Å². The number of hydrogen-bond donors (Lipinski definition) is 1. The molecule has 0 bridgehead atoms. The molecule has 130 valence electrons. The Kier molecular flexibility index (Phi) is 4.26. The summed E-state index contributed by atoms with van der Waals surface area (Å²) in [5.74, 6) is 0.807. The average molecular weight is 363 g/mol. The van der Waals surface area contributed by atoms with Crippen molar-refractivity contribution in [3.63, 3.8) is 0 Å². The van der Waals surface area contributed by atoms with Crippen LogP contribution in [0.4, 0.5) is 0 Å². The first-order valence-electron chi connectivity index (χ1n) is 8.44. The van der Waals surface area contributed by atoms with E-state index in [2.05, 4.69) is 10.1 Å². The third-order valence-corrected chi connectivity index (χ3v) is 5.27. The highest BCUT2D eigenvalue weighted by Crippen LogP contribution is 2.35. The summed E-state index contributed by atoms with van der Waals surface area (Å²) in [6.07, 6.45) is 3.04. The quantitative estimate of drug-likeness (QED) is 0.554. The Hall–Kier alpha value is -2.99. The predicted octanol–water partition coefficient (Wildman–Crippen LogP) is 4.15. The number of benzene rings is 2. The molecule has 4 aromatic rings. The molecule has 5 nitrogen and oxygen atoms in total. The van der Waals surface area contributed by atoms with E-state index < -0.39 is 0 Å². The summed E-state index contributed by atoms with van der Waals surface area (Å²) < 4.78 is 2.32. The lowest BCUT2D eigenvalue weighted by molar-refractivity contribution is 0.483. The fraction of sp³-hybridized carbons (Fsp3) is 0.150. The fourth-order valence-electron chi connectivity index (χ4n) is 2.92. The van der Waals surface area contributed by atoms with E-state index in [4.69, 9.17) is 0 Å². The minimum atomic E-state index is -0.198. The highest BCUT2D eigenvalue weighted by atomic mass is 32.1. The molecule has 0 fully saturated rings. The molecule has 0 unspecified atom stereocenters. The van der Waals surface area contributed by atoms with Crippen molar-refractivity contribution in [1.29, 1.82) is 0 Å². The number of rotatable bonds is 4. The molecule has 26 heavy (non-hydrogen) atoms. The third-order valence-electron chi connectivity index (χ3n) is 4.18. The first-order chi connectivity index (χ1) is 12.7. The van der Waals surface area contributed by atoms with Crippen molar-refractivity contribution in [2.24, 2.45) is 5.10 Å². The molecular formula is C20H17N3O2S. The van der Waals surface area contributed by atoms with Crippen LogP contribution < -0.4 is 5.56 Å². The third kappa shape index (κ3) is 2.78. The molecule has 0 saturated carbocycles. The van der Waals surface area contributed by atoms with Gasteiger partial charge < -0.3 is 5.11 Å². The van der Waals surface area contributed by atoms with Gasteiger partial charge in [-0.15, -0.1) is 11.3 Å². The van der Waals surface area contributed by atoms with Gasteiger partial charge in [-0.3, -0.25) is 4.79 Å². The highest BCUT2D eigenvalue weighted by Gasteiger charge is 2.11. The minimum absolute atomic E-state index is 0.188. The molecule has 0 atom stereocenters. The van der Waals surface area contributed by atoms with Gasteiger partial charge in [0.25, 0.3) is 5.56 Å². The van der Waals surface area contributed by atoms with Gasteiger partial charge in [0.15, 0.2) is 0 Å². The lowest BCUT2D eigenvalue weighted by Gasteiger charge is -2.08. The summed E-state index contributed by atoms with van der Waals surface area (Å²) in [6.45, 7) is 2.03. The highest BCUT2D eigenvalue weighted by molar-refractivity contribution is 7.21. The second-order valence-corrected chi connectivity index (χ2v) is 7.05. The van der Waals surface area contributed by atoms with Crippen molar-refractivity contribution in [3.8, 4) is 5.75 Å². The van der Waals surface area contributed by atoms with Crippen molar-refractivity contribution in [3.05, 3.63) is 69.6 Å². The molecule has 0 aliphatic rings. The molecule has 2 aromatic heterocycles. The van der Waals surface area contributed by atoms with Crippen LogP contribution in [0, 0.1) is 0 Å². The monoisotopic (exact) mass is 363 g/mol. The molecule has 0 amide bonds. The Morgan fingerprint density at radius 3 is 2.65 bits per heavy atom. The molecular weight excluding hydrogens is 346 g/mol. The smallest absolute Gasteiger partial charge is 0.282 e. The van der Waals surface area contributed by atoms with Crippen LogP contribution in [-0.4, -0.2) is 21.0 Å². The molecule has 0 spiro atoms. The van der Waals surface area contributed by atoms with Crippen LogP contribution >= 0.6 is 11.3 Å². The van der Waals surface area contributed by atoms with E-state index in [1.807, 2.05) is 49.4 Å². The summed E-state index contributed by atoms with van der Waals surface area (Å²) >= 11 is 1.44. The van der Waals surface area contributed by atoms with Gasteiger partial charge >= 0.3 is 0 Å². The Balaban J connectivity index is 1.86. The van der Waals surface area contributed by atoms with Gasteiger partial charge in [-0.2, -0.15) is 9.78 Å². The topological polar surface area (TPSA) is 67.5 Å². The van der Waals surface area contributed by atoms with E-state index in [0.29, 0.717) is 28.0 Å². The van der Waals surface area contributed by atoms with Crippen molar-refractivity contribution in [2.45, 2.75) is 19.8 Å². The van der Waals surface area contributed by atoms with Crippen LogP contribution in [0.15, 0.2) is 58.4 Å². The van der Waals surface area contributed by atoms with Gasteiger partial charge in [-0.25, -0.2) is 4.98 Å². The number of aryl methyl sites for hydroxylation is 1. The number of fused-ring (bicyclic) bond motifs is 2. The predicted molar refractivity (Wildman–Crippen MR) is 106 cm³/mol. The first-order valence-corrected chi connectivity index (χ1v) is 9.26. The number of para-hydroxylation sites is 1. The van der Waals surface area contributed by atoms with E-state index in [1.165, 1.54) is 22.2 Å². The van der Waals surface area contributed by atoms with Crippen LogP contribution in [0.1, 0.15) is 24.0 Å². The molecule has 0 aliphatic carbocycles. The van der Waals surface area contributed by atoms with E-state index in [9.17, 15) is 9.90 Å². The maximum Gasteiger partial charge on any atom is 0.282 e. The van der Waals surface area contributed by atoms with Gasteiger partial charge in [-0.05, 0) is 30.7 Å². The average Bonchev–Trinajstić information content (AvgIpc) is 2.98. The molecule has 4 rings (SSSR count). The van der Waals surface area contributed by atoms with E-state index in [-0.39, 0.29) is 11.3 Å². The summed E-state index contributed by atoms with van der Waals surface area (Å²) in [7, 11) is 0. The van der Waals surface area contributed by atoms with Crippen LogP contribution in [0.25, 0.3) is 21.0 Å². The molecule has 0 saturated heterocycles. The van der Waals surface area contributed by atoms with Crippen LogP contribution in [0.3, 0.4) is 0 Å². The van der Waals surface area contributed by atoms with Gasteiger partial charge in [0.1, 0.15) is 11.6 Å². The minimum Gasteiger partial charge on any atom is -0.506 e. The maximum atomic E-state index is 12.9. The maximum absolute atomic E-state index is 12.9. The zero-order chi connectivity index (χ0) is 18.1. The Morgan fingerprint density at radius 2 is 1.88 bits per heavy atom. The van der Waals surface area contributed by atoms with Gasteiger partial charge in [-0.1, -0.05) is 31.2 Å². The van der Waals surface area contributed by atoms with Crippen molar-refractivity contribution < 1.29 is 5.11 Å². The summed E-state index contributed by atoms with van der Waals surface area (Å²) in [6, 6.07) is 14.9. The van der Waals surface area contributed by atoms with Gasteiger partial charge in [0.2, 0.25) is 0 Å². The zero-order valence-corrected chi connectivity index (χ0v) is 15.0. The summed E-state index contributed by atoms with van der Waals surface area (Å²) in [5, 5.41) is 16.1. The van der Waals surface area contributed by atoms with Crippen LogP contribution in [-0.2, 0) is 6.42 Å². The molecule has 0 aliphatic heterocycles. The second kappa shape index (κ2) is 6.72. The standard InChI is InChI=1S/C20H17N3O2S/c1-2-7-18-22-15-10-5-3-8-13(15)20(25)23(18)21-12-17-19(24)14-9-4-6-11-16(14)26-17/h3-6,8-12,24H,2,7H2,1H3. The molecule has 2 aromatic carbocycles. The van der Waals surface area contributed by atoms with Crippen molar-refractivity contribution >= 4 is 38.5 Å². The van der Waals surface area contributed by atoms with E-state index in [1.54, 1.807) is 6.07 Å². The normalized spacial score (nSPS) is 11.7. The fourth-order valence-corrected chi connectivity index (χ4v) is 3.89. The molecule has 6 heteroatoms. The van der Waals surface area contributed by atoms with Gasteiger partial charge in [0.05, 0.1) is 22.0 Å².